The van der Waals surface area contributed by atoms with Crippen LogP contribution in [0.15, 0.2) is 35.4 Å². The predicted octanol–water partition coefficient (Wildman–Crippen LogP) is 4.07. The summed E-state index contributed by atoms with van der Waals surface area (Å²) in [6.07, 6.45) is 3.43. The average molecular weight is 327 g/mol. The Labute approximate surface area is 143 Å². The molecule has 2 aromatic rings. The van der Waals surface area contributed by atoms with Crippen LogP contribution >= 0.6 is 11.8 Å². The zero-order chi connectivity index (χ0) is 16.1. The van der Waals surface area contributed by atoms with Crippen molar-refractivity contribution in [3.63, 3.8) is 0 Å². The molecule has 3 nitrogen and oxygen atoms in total. The lowest BCUT2D eigenvalue weighted by atomic mass is 10.0. The Morgan fingerprint density at radius 3 is 2.65 bits per heavy atom. The summed E-state index contributed by atoms with van der Waals surface area (Å²) in [6.45, 7) is 7.77. The number of rotatable bonds is 6. The van der Waals surface area contributed by atoms with Crippen LogP contribution in [0, 0.1) is 0 Å². The molecule has 0 amide bonds. The van der Waals surface area contributed by atoms with Crippen molar-refractivity contribution < 1.29 is 0 Å². The predicted molar refractivity (Wildman–Crippen MR) is 98.0 cm³/mol. The van der Waals surface area contributed by atoms with Gasteiger partial charge in [-0.05, 0) is 49.5 Å². The van der Waals surface area contributed by atoms with Gasteiger partial charge in [0.1, 0.15) is 5.03 Å². The van der Waals surface area contributed by atoms with E-state index >= 15 is 0 Å². The van der Waals surface area contributed by atoms with Crippen LogP contribution in [0.1, 0.15) is 31.4 Å². The van der Waals surface area contributed by atoms with Crippen molar-refractivity contribution in [1.82, 2.24) is 15.1 Å². The lowest BCUT2D eigenvalue weighted by Gasteiger charge is -2.17. The lowest BCUT2D eigenvalue weighted by Crippen LogP contribution is -2.25. The molecule has 3 rings (SSSR count). The number of aryl methyl sites for hydroxylation is 2. The van der Waals surface area contributed by atoms with Gasteiger partial charge in [-0.3, -0.25) is 0 Å². The van der Waals surface area contributed by atoms with E-state index in [1.165, 1.54) is 23.1 Å². The van der Waals surface area contributed by atoms with E-state index in [2.05, 4.69) is 59.3 Å². The molecule has 0 radical (unpaired) electrons. The first-order valence-electron chi connectivity index (χ1n) is 8.61. The van der Waals surface area contributed by atoms with E-state index in [1.54, 1.807) is 0 Å². The summed E-state index contributed by atoms with van der Waals surface area (Å²) in [5.41, 5.74) is 5.12. The van der Waals surface area contributed by atoms with Crippen molar-refractivity contribution in [1.29, 1.82) is 0 Å². The van der Waals surface area contributed by atoms with E-state index in [0.29, 0.717) is 0 Å². The van der Waals surface area contributed by atoms with Gasteiger partial charge in [0.15, 0.2) is 0 Å². The van der Waals surface area contributed by atoms with E-state index in [1.807, 2.05) is 11.8 Å². The van der Waals surface area contributed by atoms with E-state index in [-0.39, 0.29) is 0 Å². The Bertz CT molecular complexity index is 653. The number of benzene rings is 1. The number of fused-ring (bicyclic) bond motifs is 3. The van der Waals surface area contributed by atoms with Crippen molar-refractivity contribution in [3.05, 3.63) is 41.5 Å². The molecule has 0 spiro atoms. The highest BCUT2D eigenvalue weighted by molar-refractivity contribution is 7.99. The third-order valence-electron chi connectivity index (χ3n) is 4.57. The lowest BCUT2D eigenvalue weighted by molar-refractivity contribution is 0.324. The Morgan fingerprint density at radius 1 is 1.04 bits per heavy atom. The zero-order valence-corrected chi connectivity index (χ0v) is 14.9. The Kier molecular flexibility index (Phi) is 5.68. The van der Waals surface area contributed by atoms with Crippen molar-refractivity contribution >= 4 is 11.8 Å². The number of hydrogen-bond donors (Lipinski definition) is 0. The van der Waals surface area contributed by atoms with Gasteiger partial charge < -0.3 is 4.90 Å². The molecule has 1 heterocycles. The van der Waals surface area contributed by atoms with Gasteiger partial charge in [-0.15, -0.1) is 22.0 Å². The Morgan fingerprint density at radius 2 is 1.83 bits per heavy atom. The third kappa shape index (κ3) is 3.93. The highest BCUT2D eigenvalue weighted by Gasteiger charge is 2.16. The molecule has 1 aromatic heterocycles. The SMILES string of the molecule is CCN(CC)CCSc1cc2c(nn1)-c1ccccc1CCC2. The first kappa shape index (κ1) is 16.5. The van der Waals surface area contributed by atoms with Gasteiger partial charge in [0.2, 0.25) is 0 Å². The van der Waals surface area contributed by atoms with Crippen LogP contribution in [0.2, 0.25) is 0 Å². The van der Waals surface area contributed by atoms with E-state index < -0.39 is 0 Å². The van der Waals surface area contributed by atoms with Crippen LogP contribution in [0.3, 0.4) is 0 Å². The van der Waals surface area contributed by atoms with Crippen LogP contribution in [0.25, 0.3) is 11.3 Å². The van der Waals surface area contributed by atoms with Crippen molar-refractivity contribution in [2.24, 2.45) is 0 Å². The largest absolute Gasteiger partial charge is 0.303 e. The van der Waals surface area contributed by atoms with Gasteiger partial charge in [-0.1, -0.05) is 38.1 Å². The second-order valence-corrected chi connectivity index (χ2v) is 7.06. The molecule has 0 unspecified atom stereocenters. The molecule has 0 N–H and O–H groups in total. The second kappa shape index (κ2) is 7.93. The zero-order valence-electron chi connectivity index (χ0n) is 14.1. The molecule has 0 saturated heterocycles. The third-order valence-corrected chi connectivity index (χ3v) is 5.45. The van der Waals surface area contributed by atoms with E-state index in [4.69, 9.17) is 0 Å². The summed E-state index contributed by atoms with van der Waals surface area (Å²) < 4.78 is 0. The Balaban J connectivity index is 1.74. The number of thioether (sulfide) groups is 1. The van der Waals surface area contributed by atoms with Gasteiger partial charge >= 0.3 is 0 Å². The molecule has 0 fully saturated rings. The van der Waals surface area contributed by atoms with Crippen molar-refractivity contribution in [2.75, 3.05) is 25.4 Å². The van der Waals surface area contributed by atoms with Gasteiger partial charge in [0.05, 0.1) is 5.69 Å². The molecule has 122 valence electrons. The maximum Gasteiger partial charge on any atom is 0.119 e. The van der Waals surface area contributed by atoms with Crippen LogP contribution in [-0.4, -0.2) is 40.5 Å². The number of hydrogen-bond acceptors (Lipinski definition) is 4. The molecular weight excluding hydrogens is 302 g/mol. The summed E-state index contributed by atoms with van der Waals surface area (Å²) in [5.74, 6) is 1.08. The summed E-state index contributed by atoms with van der Waals surface area (Å²) in [5, 5.41) is 10.1. The average Bonchev–Trinajstić information content (AvgIpc) is 2.77. The van der Waals surface area contributed by atoms with Gasteiger partial charge in [0.25, 0.3) is 0 Å². The minimum atomic E-state index is 1.07. The molecule has 4 heteroatoms. The first-order valence-corrected chi connectivity index (χ1v) is 9.60. The Hall–Kier alpha value is -1.39. The van der Waals surface area contributed by atoms with Gasteiger partial charge in [-0.25, -0.2) is 0 Å². The molecule has 0 aliphatic heterocycles. The summed E-state index contributed by atoms with van der Waals surface area (Å²) >= 11 is 1.83. The summed E-state index contributed by atoms with van der Waals surface area (Å²) in [4.78, 5) is 2.44. The molecular formula is C19H25N3S. The van der Waals surface area contributed by atoms with E-state index in [9.17, 15) is 0 Å². The molecule has 0 bridgehead atoms. The smallest absolute Gasteiger partial charge is 0.119 e. The topological polar surface area (TPSA) is 29.0 Å². The van der Waals surface area contributed by atoms with Crippen LogP contribution < -0.4 is 0 Å². The maximum atomic E-state index is 4.57. The highest BCUT2D eigenvalue weighted by Crippen LogP contribution is 2.31. The normalized spacial score (nSPS) is 13.5. The van der Waals surface area contributed by atoms with Gasteiger partial charge in [-0.2, -0.15) is 0 Å². The quantitative estimate of drug-likeness (QED) is 0.748. The minimum Gasteiger partial charge on any atom is -0.303 e. The highest BCUT2D eigenvalue weighted by atomic mass is 32.2. The summed E-state index contributed by atoms with van der Waals surface area (Å²) in [7, 11) is 0. The molecule has 0 atom stereocenters. The van der Waals surface area contributed by atoms with E-state index in [0.717, 1.165) is 48.9 Å². The standard InChI is InChI=1S/C19H25N3S/c1-3-22(4-2)12-13-23-18-14-16-10-7-9-15-8-5-6-11-17(15)19(16)21-20-18/h5-6,8,11,14H,3-4,7,9-10,12-13H2,1-2H3. The second-order valence-electron chi connectivity index (χ2n) is 5.94. The summed E-state index contributed by atoms with van der Waals surface area (Å²) in [6, 6.07) is 10.9. The first-order chi connectivity index (χ1) is 11.3. The monoisotopic (exact) mass is 327 g/mol. The molecule has 1 aliphatic carbocycles. The minimum absolute atomic E-state index is 1.07. The molecule has 1 aliphatic rings. The van der Waals surface area contributed by atoms with Crippen molar-refractivity contribution in [3.8, 4) is 11.3 Å². The number of nitrogens with zero attached hydrogens (tertiary/aromatic N) is 3. The fourth-order valence-corrected chi connectivity index (χ4v) is 4.04. The molecule has 0 saturated carbocycles. The molecule has 23 heavy (non-hydrogen) atoms. The molecule has 1 aromatic carbocycles. The van der Waals surface area contributed by atoms with Gasteiger partial charge in [0, 0.05) is 17.9 Å². The van der Waals surface area contributed by atoms with Crippen LogP contribution in [0.4, 0.5) is 0 Å². The fourth-order valence-electron chi connectivity index (χ4n) is 3.16. The fraction of sp³-hybridized carbons (Fsp3) is 0.474. The van der Waals surface area contributed by atoms with Crippen molar-refractivity contribution in [2.45, 2.75) is 38.1 Å². The van der Waals surface area contributed by atoms with Crippen LogP contribution in [-0.2, 0) is 12.8 Å². The maximum absolute atomic E-state index is 4.57. The van der Waals surface area contributed by atoms with Crippen LogP contribution in [0.5, 0.6) is 0 Å². The number of aromatic nitrogens is 2.